The second-order valence-corrected chi connectivity index (χ2v) is 12.8. The van der Waals surface area contributed by atoms with Crippen LogP contribution in [0.15, 0.2) is 125 Å². The lowest BCUT2D eigenvalue weighted by Gasteiger charge is -2.14. The fourth-order valence-electron chi connectivity index (χ4n) is 6.99. The number of nitrogens with zero attached hydrogens (tertiary/aromatic N) is 2. The molecule has 196 valence electrons. The fraction of sp³-hybridized carbons (Fsp3) is 0.0556. The molecule has 0 saturated carbocycles. The van der Waals surface area contributed by atoms with E-state index in [2.05, 4.69) is 88.0 Å². The molecule has 0 radical (unpaired) electrons. The lowest BCUT2D eigenvalue weighted by atomic mass is 10.0. The van der Waals surface area contributed by atoms with Gasteiger partial charge in [0, 0.05) is 49.9 Å². The van der Waals surface area contributed by atoms with Crippen molar-refractivity contribution < 1.29 is 8.42 Å². The van der Waals surface area contributed by atoms with Crippen molar-refractivity contribution >= 4 is 48.6 Å². The number of hydrogen-bond donors (Lipinski definition) is 0. The van der Waals surface area contributed by atoms with Gasteiger partial charge in [0.1, 0.15) is 0 Å². The van der Waals surface area contributed by atoms with Crippen molar-refractivity contribution in [3.8, 4) is 22.5 Å². The van der Waals surface area contributed by atoms with E-state index in [9.17, 15) is 8.42 Å². The molecule has 5 aromatic carbocycles. The van der Waals surface area contributed by atoms with Crippen LogP contribution in [-0.2, 0) is 16.3 Å². The van der Waals surface area contributed by atoms with Crippen LogP contribution in [0.5, 0.6) is 0 Å². The number of benzene rings is 5. The van der Waals surface area contributed by atoms with Gasteiger partial charge in [0.25, 0.3) is 0 Å². The van der Waals surface area contributed by atoms with Gasteiger partial charge < -0.3 is 9.13 Å². The smallest absolute Gasteiger partial charge is 0.207 e. The molecule has 0 N–H and O–H groups in total. The maximum Gasteiger partial charge on any atom is 0.207 e. The zero-order valence-electron chi connectivity index (χ0n) is 22.1. The Balaban J connectivity index is 1.30. The minimum atomic E-state index is -3.61. The Labute approximate surface area is 237 Å². The van der Waals surface area contributed by atoms with E-state index in [-0.39, 0.29) is 0 Å². The predicted molar refractivity (Wildman–Crippen MR) is 166 cm³/mol. The third-order valence-corrected chi connectivity index (χ3v) is 10.6. The molecule has 0 amide bonds. The molecule has 9 rings (SSSR count). The molecule has 1 aliphatic carbocycles. The molecule has 0 unspecified atom stereocenters. The lowest BCUT2D eigenvalue weighted by Crippen LogP contribution is -2.03. The Morgan fingerprint density at radius 2 is 1.07 bits per heavy atom. The fourth-order valence-corrected chi connectivity index (χ4v) is 8.64. The highest BCUT2D eigenvalue weighted by Crippen LogP contribution is 2.46. The molecular formula is C36H24N2O2S. The van der Waals surface area contributed by atoms with Crippen LogP contribution in [0.2, 0.25) is 0 Å². The van der Waals surface area contributed by atoms with Crippen LogP contribution in [0.1, 0.15) is 17.7 Å². The molecule has 0 bridgehead atoms. The molecule has 0 fully saturated rings. The van der Waals surface area contributed by atoms with Crippen molar-refractivity contribution in [1.82, 2.24) is 9.13 Å². The number of para-hydroxylation sites is 3. The summed E-state index contributed by atoms with van der Waals surface area (Å²) in [5.41, 5.74) is 9.32. The van der Waals surface area contributed by atoms with E-state index >= 15 is 0 Å². The van der Waals surface area contributed by atoms with Gasteiger partial charge in [-0.2, -0.15) is 0 Å². The van der Waals surface area contributed by atoms with Gasteiger partial charge in [0.2, 0.25) is 9.84 Å². The normalized spacial score (nSPS) is 14.9. The Kier molecular flexibility index (Phi) is 4.52. The van der Waals surface area contributed by atoms with E-state index in [1.165, 1.54) is 27.4 Å². The molecule has 1 aliphatic heterocycles. The zero-order chi connectivity index (χ0) is 27.3. The van der Waals surface area contributed by atoms with Crippen molar-refractivity contribution in [3.05, 3.63) is 127 Å². The van der Waals surface area contributed by atoms with Crippen molar-refractivity contribution in [3.63, 3.8) is 0 Å². The Bertz CT molecular complexity index is 2340. The van der Waals surface area contributed by atoms with Crippen molar-refractivity contribution in [1.29, 1.82) is 0 Å². The molecule has 0 spiro atoms. The highest BCUT2D eigenvalue weighted by Gasteiger charge is 2.34. The number of rotatable bonds is 2. The first kappa shape index (κ1) is 22.9. The van der Waals surface area contributed by atoms with E-state index in [0.717, 1.165) is 51.9 Å². The zero-order valence-corrected chi connectivity index (χ0v) is 22.9. The van der Waals surface area contributed by atoms with Gasteiger partial charge in [-0.15, -0.1) is 0 Å². The van der Waals surface area contributed by atoms with E-state index in [1.807, 2.05) is 30.3 Å². The van der Waals surface area contributed by atoms with E-state index < -0.39 is 9.84 Å². The quantitative estimate of drug-likeness (QED) is 0.217. The van der Waals surface area contributed by atoms with Gasteiger partial charge in [-0.1, -0.05) is 66.7 Å². The summed E-state index contributed by atoms with van der Waals surface area (Å²) in [6.07, 6.45) is 6.40. The molecule has 41 heavy (non-hydrogen) atoms. The Morgan fingerprint density at radius 3 is 1.68 bits per heavy atom. The molecule has 0 saturated heterocycles. The van der Waals surface area contributed by atoms with Crippen LogP contribution in [0.3, 0.4) is 0 Å². The molecule has 5 heteroatoms. The average Bonchev–Trinajstić information content (AvgIpc) is 3.61. The molecule has 2 aromatic heterocycles. The SMILES string of the molecule is O=S1(=O)c2ccc(-n3c4c(c5ccccc53)C=CCC4)cc2-c2cc(-n3c4ccccc4c4ccccc43)ccc21. The van der Waals surface area contributed by atoms with Crippen LogP contribution < -0.4 is 0 Å². The van der Waals surface area contributed by atoms with Gasteiger partial charge >= 0.3 is 0 Å². The summed E-state index contributed by atoms with van der Waals surface area (Å²) in [5.74, 6) is 0. The van der Waals surface area contributed by atoms with Gasteiger partial charge in [-0.25, -0.2) is 8.42 Å². The molecule has 7 aromatic rings. The third-order valence-electron chi connectivity index (χ3n) is 8.74. The summed E-state index contributed by atoms with van der Waals surface area (Å²) in [4.78, 5) is 0.748. The summed E-state index contributed by atoms with van der Waals surface area (Å²) in [7, 11) is -3.61. The average molecular weight is 549 g/mol. The number of fused-ring (bicyclic) bond motifs is 9. The molecular weight excluding hydrogens is 524 g/mol. The van der Waals surface area contributed by atoms with Gasteiger partial charge in [-0.3, -0.25) is 0 Å². The topological polar surface area (TPSA) is 44.0 Å². The maximum absolute atomic E-state index is 13.7. The maximum atomic E-state index is 13.7. The van der Waals surface area contributed by atoms with Crippen molar-refractivity contribution in [2.45, 2.75) is 22.6 Å². The van der Waals surface area contributed by atoms with Crippen LogP contribution in [0.4, 0.5) is 0 Å². The minimum absolute atomic E-state index is 0.372. The molecule has 4 nitrogen and oxygen atoms in total. The standard InChI is InChI=1S/C36H24N2O2S/c39-41(40)35-19-17-23(37-31-13-5-1-9-25(31)26-10-2-6-14-32(26)37)21-29(35)30-22-24(18-20-36(30)41)38-33-15-7-3-11-27(33)28-12-4-8-16-34(28)38/h1-7,9-15,17-22H,8,16H2. The van der Waals surface area contributed by atoms with Crippen LogP contribution in [-0.4, -0.2) is 17.6 Å². The monoisotopic (exact) mass is 548 g/mol. The second-order valence-electron chi connectivity index (χ2n) is 10.9. The summed E-state index contributed by atoms with van der Waals surface area (Å²) >= 11 is 0. The van der Waals surface area contributed by atoms with Crippen LogP contribution in [0.25, 0.3) is 61.3 Å². The predicted octanol–water partition coefficient (Wildman–Crippen LogP) is 8.50. The van der Waals surface area contributed by atoms with E-state index in [4.69, 9.17) is 0 Å². The highest BCUT2D eigenvalue weighted by molar-refractivity contribution is 7.92. The first-order chi connectivity index (χ1) is 20.1. The first-order valence-electron chi connectivity index (χ1n) is 13.9. The first-order valence-corrected chi connectivity index (χ1v) is 15.4. The molecule has 0 atom stereocenters. The second kappa shape index (κ2) is 8.09. The van der Waals surface area contributed by atoms with Crippen LogP contribution >= 0.6 is 0 Å². The molecule has 3 heterocycles. The van der Waals surface area contributed by atoms with Gasteiger partial charge in [0.05, 0.1) is 26.3 Å². The summed E-state index contributed by atoms with van der Waals surface area (Å²) in [6, 6.07) is 36.8. The molecule has 2 aliphatic rings. The van der Waals surface area contributed by atoms with Crippen molar-refractivity contribution in [2.75, 3.05) is 0 Å². The minimum Gasteiger partial charge on any atom is -0.313 e. The van der Waals surface area contributed by atoms with Gasteiger partial charge in [0.15, 0.2) is 0 Å². The summed E-state index contributed by atoms with van der Waals surface area (Å²) in [5, 5.41) is 3.58. The van der Waals surface area contributed by atoms with Gasteiger partial charge in [-0.05, 0) is 67.4 Å². The van der Waals surface area contributed by atoms with Crippen LogP contribution in [0, 0.1) is 0 Å². The number of allylic oxidation sites excluding steroid dienone is 1. The Morgan fingerprint density at radius 1 is 0.561 bits per heavy atom. The summed E-state index contributed by atoms with van der Waals surface area (Å²) < 4.78 is 32.0. The third kappa shape index (κ3) is 3.01. The van der Waals surface area contributed by atoms with Crippen molar-refractivity contribution in [2.24, 2.45) is 0 Å². The highest BCUT2D eigenvalue weighted by atomic mass is 32.2. The van der Waals surface area contributed by atoms with E-state index in [1.54, 1.807) is 12.1 Å². The number of sulfone groups is 1. The largest absolute Gasteiger partial charge is 0.313 e. The lowest BCUT2D eigenvalue weighted by molar-refractivity contribution is 0.598. The summed E-state index contributed by atoms with van der Waals surface area (Å²) in [6.45, 7) is 0. The van der Waals surface area contributed by atoms with E-state index in [0.29, 0.717) is 9.79 Å². The Hall–Kier alpha value is -4.87. The number of aromatic nitrogens is 2. The number of hydrogen-bond acceptors (Lipinski definition) is 2.